The van der Waals surface area contributed by atoms with Gasteiger partial charge in [0.15, 0.2) is 0 Å². The molecule has 0 radical (unpaired) electrons. The van der Waals surface area contributed by atoms with Crippen molar-refractivity contribution in [2.75, 3.05) is 14.2 Å². The van der Waals surface area contributed by atoms with Crippen LogP contribution in [0.2, 0.25) is 5.02 Å². The minimum Gasteiger partial charge on any atom is -0.497 e. The number of benzene rings is 2. The number of halogens is 2. The maximum atomic E-state index is 13.9. The normalized spacial score (nSPS) is 10.8. The Hall–Kier alpha value is -2.93. The highest BCUT2D eigenvalue weighted by Gasteiger charge is 2.15. The van der Waals surface area contributed by atoms with E-state index in [1.54, 1.807) is 20.2 Å². The third-order valence-corrected chi connectivity index (χ3v) is 4.83. The number of ether oxygens (including phenoxy) is 1. The number of aromatic nitrogens is 2. The van der Waals surface area contributed by atoms with Gasteiger partial charge in [-0.2, -0.15) is 4.98 Å². The number of nitrogens with zero attached hydrogens (tertiary/aromatic N) is 3. The zero-order valence-electron chi connectivity index (χ0n) is 16.2. The first-order valence-corrected chi connectivity index (χ1v) is 9.49. The summed E-state index contributed by atoms with van der Waals surface area (Å²) in [4.78, 5) is 18.1. The van der Waals surface area contributed by atoms with Gasteiger partial charge in [-0.05, 0) is 42.8 Å². The summed E-state index contributed by atoms with van der Waals surface area (Å²) < 4.78 is 24.3. The highest BCUT2D eigenvalue weighted by atomic mass is 35.5. The van der Waals surface area contributed by atoms with Crippen LogP contribution in [0.15, 0.2) is 47.0 Å². The molecule has 0 fully saturated rings. The fraction of sp³-hybridized carbons (Fsp3) is 0.286. The van der Waals surface area contributed by atoms with Crippen molar-refractivity contribution in [3.05, 3.63) is 64.8 Å². The first-order valence-electron chi connectivity index (χ1n) is 9.12. The molecule has 152 valence electrons. The van der Waals surface area contributed by atoms with E-state index in [4.69, 9.17) is 20.9 Å². The molecule has 0 N–H and O–H groups in total. The van der Waals surface area contributed by atoms with Crippen LogP contribution in [0.5, 0.6) is 5.75 Å². The topological polar surface area (TPSA) is 68.5 Å². The van der Waals surface area contributed by atoms with Crippen molar-refractivity contribution >= 4 is 17.5 Å². The van der Waals surface area contributed by atoms with Crippen molar-refractivity contribution in [1.29, 1.82) is 0 Å². The maximum absolute atomic E-state index is 13.9. The maximum Gasteiger partial charge on any atom is 0.226 e. The Bertz CT molecular complexity index is 955. The molecule has 2 aromatic carbocycles. The lowest BCUT2D eigenvalue weighted by Crippen LogP contribution is -2.26. The average molecular weight is 418 g/mol. The molecule has 6 nitrogen and oxygen atoms in total. The Morgan fingerprint density at radius 2 is 2.00 bits per heavy atom. The van der Waals surface area contributed by atoms with E-state index in [1.807, 2.05) is 24.3 Å². The number of carbonyl (C=O) groups excluding carboxylic acids is 1. The lowest BCUT2D eigenvalue weighted by atomic mass is 10.1. The van der Waals surface area contributed by atoms with E-state index < -0.39 is 5.82 Å². The van der Waals surface area contributed by atoms with E-state index in [1.165, 1.54) is 17.0 Å². The average Bonchev–Trinajstić information content (AvgIpc) is 3.19. The standard InChI is InChI=1S/C21H21ClFN3O3/c1-26(13-16-17(22)5-3-6-18(16)23)20(27)8-4-7-19-24-21(25-29-19)14-9-11-15(28-2)12-10-14/h3,5-6,9-12H,4,7-8,13H2,1-2H3. The molecule has 0 aliphatic rings. The van der Waals surface area contributed by atoms with Crippen LogP contribution in [0.3, 0.4) is 0 Å². The van der Waals surface area contributed by atoms with Crippen molar-refractivity contribution in [3.8, 4) is 17.1 Å². The molecule has 1 aromatic heterocycles. The summed E-state index contributed by atoms with van der Waals surface area (Å²) in [6.07, 6.45) is 1.30. The second kappa shape index (κ2) is 9.52. The highest BCUT2D eigenvalue weighted by Crippen LogP contribution is 2.22. The Balaban J connectivity index is 1.50. The SMILES string of the molecule is COc1ccc(-c2noc(CCCC(=O)N(C)Cc3c(F)cccc3Cl)n2)cc1. The first kappa shape index (κ1) is 20.8. The van der Waals surface area contributed by atoms with Gasteiger partial charge in [0.05, 0.1) is 7.11 Å². The molecular formula is C21H21ClFN3O3. The summed E-state index contributed by atoms with van der Waals surface area (Å²) in [5.74, 6) is 1.16. The molecule has 0 bridgehead atoms. The molecule has 3 aromatic rings. The molecule has 0 atom stereocenters. The van der Waals surface area contributed by atoms with Crippen molar-refractivity contribution in [1.82, 2.24) is 15.0 Å². The monoisotopic (exact) mass is 417 g/mol. The molecule has 1 heterocycles. The molecule has 0 spiro atoms. The van der Waals surface area contributed by atoms with E-state index in [9.17, 15) is 9.18 Å². The predicted molar refractivity (Wildman–Crippen MR) is 107 cm³/mol. The minimum absolute atomic E-state index is 0.112. The Kier molecular flexibility index (Phi) is 6.82. The smallest absolute Gasteiger partial charge is 0.226 e. The van der Waals surface area contributed by atoms with Gasteiger partial charge >= 0.3 is 0 Å². The zero-order chi connectivity index (χ0) is 20.8. The van der Waals surface area contributed by atoms with Gasteiger partial charge in [0.1, 0.15) is 11.6 Å². The van der Waals surface area contributed by atoms with E-state index in [0.29, 0.717) is 35.1 Å². The summed E-state index contributed by atoms with van der Waals surface area (Å²) in [6, 6.07) is 11.8. The zero-order valence-corrected chi connectivity index (χ0v) is 16.9. The quantitative estimate of drug-likeness (QED) is 0.539. The number of rotatable bonds is 8. The number of hydrogen-bond acceptors (Lipinski definition) is 5. The summed E-state index contributed by atoms with van der Waals surface area (Å²) in [5.41, 5.74) is 1.13. The summed E-state index contributed by atoms with van der Waals surface area (Å²) in [7, 11) is 3.23. The van der Waals surface area contributed by atoms with Crippen LogP contribution in [0.1, 0.15) is 24.3 Å². The molecule has 8 heteroatoms. The summed E-state index contributed by atoms with van der Waals surface area (Å²) >= 11 is 6.02. The first-order chi connectivity index (χ1) is 14.0. The van der Waals surface area contributed by atoms with Gasteiger partial charge < -0.3 is 14.2 Å². The Morgan fingerprint density at radius 1 is 1.24 bits per heavy atom. The second-order valence-electron chi connectivity index (χ2n) is 6.54. The third kappa shape index (κ3) is 5.32. The lowest BCUT2D eigenvalue weighted by Gasteiger charge is -2.18. The van der Waals surface area contributed by atoms with Crippen molar-refractivity contribution < 1.29 is 18.4 Å². The second-order valence-corrected chi connectivity index (χ2v) is 6.95. The van der Waals surface area contributed by atoms with Crippen molar-refractivity contribution in [2.24, 2.45) is 0 Å². The van der Waals surface area contributed by atoms with Crippen molar-refractivity contribution in [2.45, 2.75) is 25.8 Å². The number of amides is 1. The molecule has 0 saturated carbocycles. The number of aryl methyl sites for hydroxylation is 1. The van der Waals surface area contributed by atoms with Gasteiger partial charge in [-0.25, -0.2) is 4.39 Å². The van der Waals surface area contributed by atoms with Crippen LogP contribution < -0.4 is 4.74 Å². The summed E-state index contributed by atoms with van der Waals surface area (Å²) in [6.45, 7) is 0.118. The van der Waals surface area contributed by atoms with Crippen molar-refractivity contribution in [3.63, 3.8) is 0 Å². The van der Waals surface area contributed by atoms with E-state index in [2.05, 4.69) is 10.1 Å². The minimum atomic E-state index is -0.422. The van der Waals surface area contributed by atoms with Gasteiger partial charge in [-0.3, -0.25) is 4.79 Å². The van der Waals surface area contributed by atoms with Crippen LogP contribution in [0.25, 0.3) is 11.4 Å². The molecule has 0 aliphatic carbocycles. The fourth-order valence-corrected chi connectivity index (χ4v) is 3.03. The third-order valence-electron chi connectivity index (χ3n) is 4.48. The number of hydrogen-bond donors (Lipinski definition) is 0. The van der Waals surface area contributed by atoms with Crippen LogP contribution in [-0.2, 0) is 17.8 Å². The number of methoxy groups -OCH3 is 1. The van der Waals surface area contributed by atoms with Gasteiger partial charge in [-0.15, -0.1) is 0 Å². The molecule has 29 heavy (non-hydrogen) atoms. The van der Waals surface area contributed by atoms with E-state index in [-0.39, 0.29) is 18.9 Å². The fourth-order valence-electron chi connectivity index (χ4n) is 2.80. The van der Waals surface area contributed by atoms with Gasteiger partial charge in [0.2, 0.25) is 17.6 Å². The van der Waals surface area contributed by atoms with Gasteiger partial charge in [0, 0.05) is 42.6 Å². The van der Waals surface area contributed by atoms with E-state index in [0.717, 1.165) is 11.3 Å². The molecule has 3 rings (SSSR count). The van der Waals surface area contributed by atoms with Crippen LogP contribution >= 0.6 is 11.6 Å². The largest absolute Gasteiger partial charge is 0.497 e. The number of carbonyl (C=O) groups is 1. The summed E-state index contributed by atoms with van der Waals surface area (Å²) in [5, 5.41) is 4.28. The van der Waals surface area contributed by atoms with Gasteiger partial charge in [0.25, 0.3) is 0 Å². The Morgan fingerprint density at radius 3 is 2.69 bits per heavy atom. The van der Waals surface area contributed by atoms with Crippen LogP contribution in [0, 0.1) is 5.82 Å². The molecular weight excluding hydrogens is 397 g/mol. The Labute approximate surface area is 173 Å². The molecule has 0 unspecified atom stereocenters. The molecule has 1 amide bonds. The highest BCUT2D eigenvalue weighted by molar-refractivity contribution is 6.31. The van der Waals surface area contributed by atoms with E-state index >= 15 is 0 Å². The van der Waals surface area contributed by atoms with Crippen LogP contribution in [-0.4, -0.2) is 35.1 Å². The van der Waals surface area contributed by atoms with Gasteiger partial charge in [-0.1, -0.05) is 22.8 Å². The molecule has 0 saturated heterocycles. The lowest BCUT2D eigenvalue weighted by molar-refractivity contribution is -0.130. The van der Waals surface area contributed by atoms with Crippen LogP contribution in [0.4, 0.5) is 4.39 Å². The molecule has 0 aliphatic heterocycles. The predicted octanol–water partition coefficient (Wildman–Crippen LogP) is 4.52.